The zero-order valence-electron chi connectivity index (χ0n) is 17.8. The number of rotatable bonds is 8. The van der Waals surface area contributed by atoms with Crippen molar-refractivity contribution >= 4 is 17.2 Å². The van der Waals surface area contributed by atoms with Gasteiger partial charge in [-0.2, -0.15) is 5.10 Å². The number of amides is 1. The Kier molecular flexibility index (Phi) is 6.65. The van der Waals surface area contributed by atoms with Crippen LogP contribution in [0.2, 0.25) is 0 Å². The summed E-state index contributed by atoms with van der Waals surface area (Å²) in [5.41, 5.74) is 1.89. The molecule has 0 radical (unpaired) electrons. The fraction of sp³-hybridized carbons (Fsp3) is 0.318. The number of fused-ring (bicyclic) bond motifs is 1. The number of carbonyl (C=O) groups is 2. The molecule has 0 atom stereocenters. The van der Waals surface area contributed by atoms with E-state index in [0.717, 1.165) is 17.7 Å². The van der Waals surface area contributed by atoms with Gasteiger partial charge in [0, 0.05) is 6.07 Å². The van der Waals surface area contributed by atoms with Gasteiger partial charge in [0.15, 0.2) is 5.78 Å². The maximum atomic E-state index is 13.9. The number of hydrogen-bond donors (Lipinski definition) is 1. The summed E-state index contributed by atoms with van der Waals surface area (Å²) in [4.78, 5) is 26.4. The topological polar surface area (TPSA) is 75.9 Å². The van der Waals surface area contributed by atoms with Crippen molar-refractivity contribution in [1.82, 2.24) is 19.8 Å². The van der Waals surface area contributed by atoms with Crippen LogP contribution in [0, 0.1) is 25.5 Å². The molecule has 0 aliphatic carbocycles. The molecule has 0 unspecified atom stereocenters. The van der Waals surface area contributed by atoms with E-state index < -0.39 is 11.6 Å². The summed E-state index contributed by atoms with van der Waals surface area (Å²) in [5, 5.41) is 6.97. The van der Waals surface area contributed by atoms with Crippen LogP contribution in [0.1, 0.15) is 27.2 Å². The summed E-state index contributed by atoms with van der Waals surface area (Å²) in [5.74, 6) is -1.72. The van der Waals surface area contributed by atoms with Gasteiger partial charge in [-0.1, -0.05) is 6.07 Å². The molecule has 3 aromatic rings. The molecule has 31 heavy (non-hydrogen) atoms. The number of pyridine rings is 1. The van der Waals surface area contributed by atoms with Crippen LogP contribution in [-0.2, 0) is 11.4 Å². The fourth-order valence-corrected chi connectivity index (χ4v) is 3.23. The Labute approximate surface area is 178 Å². The third-order valence-electron chi connectivity index (χ3n) is 4.63. The Morgan fingerprint density at radius 3 is 2.48 bits per heavy atom. The van der Waals surface area contributed by atoms with Gasteiger partial charge in [0.2, 0.25) is 11.8 Å². The van der Waals surface area contributed by atoms with E-state index >= 15 is 0 Å². The average molecular weight is 430 g/mol. The normalized spacial score (nSPS) is 11.2. The Balaban J connectivity index is 1.87. The van der Waals surface area contributed by atoms with Crippen LogP contribution >= 0.6 is 0 Å². The minimum absolute atomic E-state index is 0.167. The van der Waals surface area contributed by atoms with Gasteiger partial charge in [-0.05, 0) is 51.7 Å². The number of aryl methyl sites for hydroxylation is 2. The molecule has 3 rings (SSSR count). The number of Topliss-reactive ketones (excluding diaryl/α,β-unsaturated/α-hetero) is 1. The predicted octanol–water partition coefficient (Wildman–Crippen LogP) is 2.67. The Hall–Kier alpha value is -3.33. The van der Waals surface area contributed by atoms with Crippen molar-refractivity contribution < 1.29 is 23.1 Å². The number of hydrogen-bond acceptors (Lipinski definition) is 5. The lowest BCUT2D eigenvalue weighted by molar-refractivity contribution is -0.121. The lowest BCUT2D eigenvalue weighted by Crippen LogP contribution is -2.36. The van der Waals surface area contributed by atoms with Crippen LogP contribution in [0.4, 0.5) is 8.78 Å². The largest absolute Gasteiger partial charge is 0.473 e. The maximum absolute atomic E-state index is 13.9. The van der Waals surface area contributed by atoms with E-state index in [0.29, 0.717) is 16.8 Å². The van der Waals surface area contributed by atoms with Gasteiger partial charge in [-0.3, -0.25) is 9.59 Å². The van der Waals surface area contributed by atoms with Crippen LogP contribution in [0.5, 0.6) is 5.88 Å². The molecule has 2 heterocycles. The van der Waals surface area contributed by atoms with Gasteiger partial charge < -0.3 is 15.0 Å². The first-order chi connectivity index (χ1) is 14.7. The number of likely N-dealkylation sites (N-methyl/N-ethyl adjacent to an activating group) is 1. The van der Waals surface area contributed by atoms with Gasteiger partial charge >= 0.3 is 0 Å². The van der Waals surface area contributed by atoms with Crippen molar-refractivity contribution in [2.45, 2.75) is 20.5 Å². The molecule has 164 valence electrons. The molecule has 9 heteroatoms. The lowest BCUT2D eigenvalue weighted by Gasteiger charge is -2.11. The van der Waals surface area contributed by atoms with E-state index in [9.17, 15) is 18.4 Å². The SMILES string of the molecule is Cc1cc(OCc2c(F)cccc2F)n2nc(C)c(C(=O)CNC(=O)CN(C)C)c2c1. The van der Waals surface area contributed by atoms with Gasteiger partial charge in [-0.25, -0.2) is 13.3 Å². The number of nitrogens with zero attached hydrogens (tertiary/aromatic N) is 3. The highest BCUT2D eigenvalue weighted by molar-refractivity contribution is 6.06. The van der Waals surface area contributed by atoms with Crippen molar-refractivity contribution in [3.63, 3.8) is 0 Å². The molecule has 1 N–H and O–H groups in total. The lowest BCUT2D eigenvalue weighted by atomic mass is 10.1. The summed E-state index contributed by atoms with van der Waals surface area (Å²) in [6.07, 6.45) is 0. The average Bonchev–Trinajstić information content (AvgIpc) is 3.01. The van der Waals surface area contributed by atoms with E-state index in [2.05, 4.69) is 10.4 Å². The highest BCUT2D eigenvalue weighted by atomic mass is 19.1. The van der Waals surface area contributed by atoms with Gasteiger partial charge in [-0.15, -0.1) is 0 Å². The summed E-state index contributed by atoms with van der Waals surface area (Å²) < 4.78 is 34.9. The Morgan fingerprint density at radius 1 is 1.16 bits per heavy atom. The number of benzene rings is 1. The van der Waals surface area contributed by atoms with Crippen LogP contribution in [0.25, 0.3) is 5.52 Å². The molecule has 0 aliphatic rings. The number of halogens is 2. The van der Waals surface area contributed by atoms with E-state index in [1.807, 2.05) is 6.92 Å². The number of ketones is 1. The van der Waals surface area contributed by atoms with Crippen LogP contribution in [0.3, 0.4) is 0 Å². The Morgan fingerprint density at radius 2 is 1.84 bits per heavy atom. The second kappa shape index (κ2) is 9.22. The summed E-state index contributed by atoms with van der Waals surface area (Å²) in [6.45, 7) is 3.16. The number of nitrogens with one attached hydrogen (secondary N) is 1. The summed E-state index contributed by atoms with van der Waals surface area (Å²) in [7, 11) is 3.52. The molecule has 0 spiro atoms. The monoisotopic (exact) mass is 430 g/mol. The molecular weight excluding hydrogens is 406 g/mol. The smallest absolute Gasteiger partial charge is 0.234 e. The summed E-state index contributed by atoms with van der Waals surface area (Å²) >= 11 is 0. The second-order valence-corrected chi connectivity index (χ2v) is 7.55. The van der Waals surface area contributed by atoms with E-state index in [-0.39, 0.29) is 42.8 Å². The van der Waals surface area contributed by atoms with Gasteiger partial charge in [0.05, 0.1) is 35.4 Å². The van der Waals surface area contributed by atoms with E-state index in [1.54, 1.807) is 38.1 Å². The molecule has 0 saturated heterocycles. The minimum Gasteiger partial charge on any atom is -0.473 e. The highest BCUT2D eigenvalue weighted by Gasteiger charge is 2.20. The van der Waals surface area contributed by atoms with Crippen molar-refractivity contribution in [3.8, 4) is 5.88 Å². The van der Waals surface area contributed by atoms with Crippen molar-refractivity contribution in [2.24, 2.45) is 0 Å². The van der Waals surface area contributed by atoms with Crippen molar-refractivity contribution in [3.05, 3.63) is 64.4 Å². The third-order valence-corrected chi connectivity index (χ3v) is 4.63. The minimum atomic E-state index is -0.704. The van der Waals surface area contributed by atoms with Gasteiger partial charge in [0.25, 0.3) is 0 Å². The van der Waals surface area contributed by atoms with Crippen LogP contribution in [0.15, 0.2) is 30.3 Å². The molecule has 0 fully saturated rings. The first-order valence-electron chi connectivity index (χ1n) is 9.67. The van der Waals surface area contributed by atoms with Crippen LogP contribution in [-0.4, -0.2) is 53.4 Å². The zero-order valence-corrected chi connectivity index (χ0v) is 17.8. The predicted molar refractivity (Wildman–Crippen MR) is 111 cm³/mol. The first-order valence-corrected chi connectivity index (χ1v) is 9.67. The summed E-state index contributed by atoms with van der Waals surface area (Å²) in [6, 6.07) is 7.04. The van der Waals surface area contributed by atoms with Crippen molar-refractivity contribution in [1.29, 1.82) is 0 Å². The van der Waals surface area contributed by atoms with Crippen molar-refractivity contribution in [2.75, 3.05) is 27.2 Å². The molecular formula is C22H24F2N4O3. The first kappa shape index (κ1) is 22.4. The molecule has 0 saturated carbocycles. The van der Waals surface area contributed by atoms with Gasteiger partial charge in [0.1, 0.15) is 18.2 Å². The highest BCUT2D eigenvalue weighted by Crippen LogP contribution is 2.25. The maximum Gasteiger partial charge on any atom is 0.234 e. The third kappa shape index (κ3) is 5.05. The zero-order chi connectivity index (χ0) is 22.7. The second-order valence-electron chi connectivity index (χ2n) is 7.55. The standard InChI is InChI=1S/C22H24F2N4O3/c1-13-8-18-22(19(29)10-25-20(30)11-27(3)4)14(2)26-28(18)21(9-13)31-12-15-16(23)6-5-7-17(15)24/h5-9H,10-12H2,1-4H3,(H,25,30). The molecule has 0 aliphatic heterocycles. The van der Waals surface area contributed by atoms with E-state index in [4.69, 9.17) is 4.74 Å². The fourth-order valence-electron chi connectivity index (χ4n) is 3.23. The number of aromatic nitrogens is 2. The number of ether oxygens (including phenoxy) is 1. The molecule has 0 bridgehead atoms. The molecule has 1 aromatic carbocycles. The van der Waals surface area contributed by atoms with Crippen LogP contribution < -0.4 is 10.1 Å². The molecule has 2 aromatic heterocycles. The van der Waals surface area contributed by atoms with E-state index in [1.165, 1.54) is 10.6 Å². The molecule has 1 amide bonds. The number of carbonyl (C=O) groups excluding carboxylic acids is 2. The molecule has 7 nitrogen and oxygen atoms in total. The Bertz CT molecular complexity index is 1120. The quantitative estimate of drug-likeness (QED) is 0.556.